The van der Waals surface area contributed by atoms with Crippen LogP contribution in [0.15, 0.2) is 42.6 Å². The van der Waals surface area contributed by atoms with Gasteiger partial charge in [0.1, 0.15) is 11.5 Å². The van der Waals surface area contributed by atoms with Crippen molar-refractivity contribution in [3.63, 3.8) is 0 Å². The summed E-state index contributed by atoms with van der Waals surface area (Å²) in [6.07, 6.45) is 3.45. The number of Topliss-reactive ketones (excluding diaryl/α,β-unsaturated/α-hetero) is 1. The number of pyridine rings is 1. The zero-order chi connectivity index (χ0) is 13.2. The minimum absolute atomic E-state index is 0.0959. The van der Waals surface area contributed by atoms with Crippen LogP contribution in [0.2, 0.25) is 0 Å². The van der Waals surface area contributed by atoms with E-state index >= 15 is 0 Å². The smallest absolute Gasteiger partial charge is 0.211 e. The number of rotatable bonds is 2. The van der Waals surface area contributed by atoms with Crippen LogP contribution < -0.4 is 0 Å². The Morgan fingerprint density at radius 2 is 1.95 bits per heavy atom. The van der Waals surface area contributed by atoms with Crippen LogP contribution in [0.5, 0.6) is 0 Å². The van der Waals surface area contributed by atoms with E-state index in [4.69, 9.17) is 0 Å². The lowest BCUT2D eigenvalue weighted by Gasteiger charge is -2.15. The maximum atomic E-state index is 12.3. The standard InChI is InChI=1S/C16H13NO2/c18-14-7-6-11-4-5-12(9-13(11)10-14)16(19)15-3-1-2-8-17-15/h1-5,8-9H,6-7,10H2. The van der Waals surface area contributed by atoms with Gasteiger partial charge < -0.3 is 0 Å². The molecule has 0 radical (unpaired) electrons. The quantitative estimate of drug-likeness (QED) is 0.770. The molecule has 1 aliphatic carbocycles. The first-order valence-electron chi connectivity index (χ1n) is 6.33. The third kappa shape index (κ3) is 2.32. The van der Waals surface area contributed by atoms with Crippen LogP contribution in [-0.4, -0.2) is 16.6 Å². The topological polar surface area (TPSA) is 47.0 Å². The predicted octanol–water partition coefficient (Wildman–Crippen LogP) is 2.37. The van der Waals surface area contributed by atoms with E-state index in [0.29, 0.717) is 24.1 Å². The number of carbonyl (C=O) groups is 2. The molecule has 0 spiro atoms. The summed E-state index contributed by atoms with van der Waals surface area (Å²) in [6, 6.07) is 10.9. The molecule has 1 heterocycles. The summed E-state index contributed by atoms with van der Waals surface area (Å²) in [7, 11) is 0. The predicted molar refractivity (Wildman–Crippen MR) is 71.1 cm³/mol. The molecule has 0 saturated carbocycles. The van der Waals surface area contributed by atoms with Crippen molar-refractivity contribution < 1.29 is 9.59 Å². The number of aryl methyl sites for hydroxylation is 1. The van der Waals surface area contributed by atoms with Crippen molar-refractivity contribution in [1.82, 2.24) is 4.98 Å². The highest BCUT2D eigenvalue weighted by atomic mass is 16.1. The van der Waals surface area contributed by atoms with E-state index < -0.39 is 0 Å². The van der Waals surface area contributed by atoms with Crippen molar-refractivity contribution in [2.75, 3.05) is 0 Å². The average Bonchev–Trinajstić information content (AvgIpc) is 2.46. The van der Waals surface area contributed by atoms with Crippen molar-refractivity contribution in [3.8, 4) is 0 Å². The van der Waals surface area contributed by atoms with E-state index in [-0.39, 0.29) is 11.6 Å². The normalized spacial score (nSPS) is 14.0. The van der Waals surface area contributed by atoms with Gasteiger partial charge in [-0.15, -0.1) is 0 Å². The lowest BCUT2D eigenvalue weighted by atomic mass is 9.89. The number of hydrogen-bond donors (Lipinski definition) is 0. The van der Waals surface area contributed by atoms with Crippen molar-refractivity contribution in [1.29, 1.82) is 0 Å². The van der Waals surface area contributed by atoms with E-state index in [1.54, 1.807) is 24.4 Å². The number of benzene rings is 1. The Morgan fingerprint density at radius 1 is 1.05 bits per heavy atom. The number of aromatic nitrogens is 1. The summed E-state index contributed by atoms with van der Waals surface area (Å²) in [6.45, 7) is 0. The molecule has 3 nitrogen and oxygen atoms in total. The lowest BCUT2D eigenvalue weighted by Crippen LogP contribution is -2.14. The van der Waals surface area contributed by atoms with E-state index in [2.05, 4.69) is 4.98 Å². The van der Waals surface area contributed by atoms with Gasteiger partial charge in [-0.05, 0) is 35.7 Å². The molecule has 19 heavy (non-hydrogen) atoms. The fourth-order valence-electron chi connectivity index (χ4n) is 2.40. The monoisotopic (exact) mass is 251 g/mol. The molecule has 94 valence electrons. The van der Waals surface area contributed by atoms with Crippen molar-refractivity contribution in [2.45, 2.75) is 19.3 Å². The van der Waals surface area contributed by atoms with Crippen LogP contribution in [0.1, 0.15) is 33.6 Å². The second kappa shape index (κ2) is 4.76. The van der Waals surface area contributed by atoms with E-state index in [1.807, 2.05) is 18.2 Å². The van der Waals surface area contributed by atoms with Gasteiger partial charge in [0.05, 0.1) is 0 Å². The Bertz CT molecular complexity index is 647. The van der Waals surface area contributed by atoms with Crippen LogP contribution >= 0.6 is 0 Å². The number of fused-ring (bicyclic) bond motifs is 1. The second-order valence-corrected chi connectivity index (χ2v) is 4.74. The molecule has 0 aliphatic heterocycles. The van der Waals surface area contributed by atoms with Gasteiger partial charge in [0.2, 0.25) is 5.78 Å². The molecule has 0 atom stereocenters. The zero-order valence-corrected chi connectivity index (χ0v) is 10.4. The van der Waals surface area contributed by atoms with Gasteiger partial charge in [-0.2, -0.15) is 0 Å². The Balaban J connectivity index is 1.96. The number of nitrogens with zero attached hydrogens (tertiary/aromatic N) is 1. The minimum atomic E-state index is -0.0959. The Labute approximate surface area is 111 Å². The molecule has 0 unspecified atom stereocenters. The van der Waals surface area contributed by atoms with Crippen LogP contribution in [0.4, 0.5) is 0 Å². The molecular formula is C16H13NO2. The molecule has 0 fully saturated rings. The van der Waals surface area contributed by atoms with Crippen molar-refractivity contribution in [3.05, 3.63) is 65.0 Å². The molecule has 3 rings (SSSR count). The summed E-state index contributed by atoms with van der Waals surface area (Å²) >= 11 is 0. The number of carbonyl (C=O) groups excluding carboxylic acids is 2. The lowest BCUT2D eigenvalue weighted by molar-refractivity contribution is -0.118. The largest absolute Gasteiger partial charge is 0.299 e. The summed E-state index contributed by atoms with van der Waals surface area (Å²) in [5.41, 5.74) is 3.20. The molecule has 1 aromatic carbocycles. The van der Waals surface area contributed by atoms with Crippen molar-refractivity contribution in [2.24, 2.45) is 0 Å². The molecule has 3 heteroatoms. The Hall–Kier alpha value is -2.29. The van der Waals surface area contributed by atoms with Gasteiger partial charge in [-0.1, -0.05) is 18.2 Å². The van der Waals surface area contributed by atoms with Gasteiger partial charge in [0, 0.05) is 24.6 Å². The molecule has 1 aliphatic rings. The highest BCUT2D eigenvalue weighted by molar-refractivity contribution is 6.07. The van der Waals surface area contributed by atoms with E-state index in [1.165, 1.54) is 5.56 Å². The molecule has 0 saturated heterocycles. The van der Waals surface area contributed by atoms with E-state index in [9.17, 15) is 9.59 Å². The highest BCUT2D eigenvalue weighted by Crippen LogP contribution is 2.21. The van der Waals surface area contributed by atoms with Crippen LogP contribution in [0, 0.1) is 0 Å². The molecule has 1 aromatic heterocycles. The molecule has 0 amide bonds. The maximum absolute atomic E-state index is 12.3. The summed E-state index contributed by atoms with van der Waals surface area (Å²) in [5.74, 6) is 0.149. The van der Waals surface area contributed by atoms with Crippen molar-refractivity contribution >= 4 is 11.6 Å². The van der Waals surface area contributed by atoms with Gasteiger partial charge in [0.15, 0.2) is 0 Å². The Kier molecular flexibility index (Phi) is 2.95. The Morgan fingerprint density at radius 3 is 2.74 bits per heavy atom. The van der Waals surface area contributed by atoms with Crippen LogP contribution in [-0.2, 0) is 17.6 Å². The maximum Gasteiger partial charge on any atom is 0.211 e. The van der Waals surface area contributed by atoms with Gasteiger partial charge in [-0.3, -0.25) is 14.6 Å². The fourth-order valence-corrected chi connectivity index (χ4v) is 2.40. The molecule has 2 aromatic rings. The molecule has 0 N–H and O–H groups in total. The van der Waals surface area contributed by atoms with Gasteiger partial charge in [0.25, 0.3) is 0 Å². The average molecular weight is 251 g/mol. The number of hydrogen-bond acceptors (Lipinski definition) is 3. The minimum Gasteiger partial charge on any atom is -0.299 e. The first-order chi connectivity index (χ1) is 9.24. The zero-order valence-electron chi connectivity index (χ0n) is 10.4. The van der Waals surface area contributed by atoms with Gasteiger partial charge in [-0.25, -0.2) is 0 Å². The first-order valence-corrected chi connectivity index (χ1v) is 6.33. The third-order valence-electron chi connectivity index (χ3n) is 3.43. The van der Waals surface area contributed by atoms with Gasteiger partial charge >= 0.3 is 0 Å². The molecular weight excluding hydrogens is 238 g/mol. The highest BCUT2D eigenvalue weighted by Gasteiger charge is 2.18. The summed E-state index contributed by atoms with van der Waals surface area (Å²) < 4.78 is 0. The van der Waals surface area contributed by atoms with E-state index in [0.717, 1.165) is 12.0 Å². The SMILES string of the molecule is O=C1CCc2ccc(C(=O)c3ccccn3)cc2C1. The van der Waals surface area contributed by atoms with Crippen LogP contribution in [0.25, 0.3) is 0 Å². The number of ketones is 2. The summed E-state index contributed by atoms with van der Waals surface area (Å²) in [4.78, 5) is 27.8. The first kappa shape index (κ1) is 11.8. The fraction of sp³-hybridized carbons (Fsp3) is 0.188. The third-order valence-corrected chi connectivity index (χ3v) is 3.43. The summed E-state index contributed by atoms with van der Waals surface area (Å²) in [5, 5.41) is 0. The second-order valence-electron chi connectivity index (χ2n) is 4.74. The van der Waals surface area contributed by atoms with Crippen LogP contribution in [0.3, 0.4) is 0 Å². The molecule has 0 bridgehead atoms.